The van der Waals surface area contributed by atoms with Gasteiger partial charge in [0.15, 0.2) is 0 Å². The molecule has 0 aliphatic heterocycles. The lowest BCUT2D eigenvalue weighted by Crippen LogP contribution is -2.35. The average Bonchev–Trinajstić information content (AvgIpc) is 2.82. The van der Waals surface area contributed by atoms with Crippen LogP contribution in [0.25, 0.3) is 0 Å². The molecule has 0 bridgehead atoms. The van der Waals surface area contributed by atoms with E-state index in [0.29, 0.717) is 17.2 Å². The van der Waals surface area contributed by atoms with E-state index in [1.54, 1.807) is 24.8 Å². The number of nitrogens with one attached hydrogen (secondary N) is 1. The summed E-state index contributed by atoms with van der Waals surface area (Å²) in [6.45, 7) is 5.63. The predicted molar refractivity (Wildman–Crippen MR) is 88.4 cm³/mol. The third-order valence-corrected chi connectivity index (χ3v) is 5.63. The lowest BCUT2D eigenvalue weighted by atomic mass is 10.2. The molecule has 2 rings (SSSR count). The second-order valence-electron chi connectivity index (χ2n) is 5.33. The van der Waals surface area contributed by atoms with E-state index in [1.807, 2.05) is 38.1 Å². The van der Waals surface area contributed by atoms with E-state index in [4.69, 9.17) is 4.52 Å². The Morgan fingerprint density at radius 1 is 1.27 bits per heavy atom. The van der Waals surface area contributed by atoms with Gasteiger partial charge in [-0.2, -0.15) is 0 Å². The molecule has 1 heterocycles. The van der Waals surface area contributed by atoms with Gasteiger partial charge in [0.2, 0.25) is 10.0 Å². The molecule has 2 aromatic rings. The molecular weight excluding hydrogens is 320 g/mol. The zero-order chi connectivity index (χ0) is 16.2. The number of rotatable bonds is 7. The number of nitrogens with zero attached hydrogens (tertiary/aromatic N) is 1. The van der Waals surface area contributed by atoms with E-state index in [0.717, 1.165) is 4.90 Å². The number of thioether (sulfide) groups is 1. The van der Waals surface area contributed by atoms with Gasteiger partial charge in [-0.3, -0.25) is 0 Å². The van der Waals surface area contributed by atoms with Gasteiger partial charge in [-0.1, -0.05) is 22.9 Å². The molecule has 7 heteroatoms. The summed E-state index contributed by atoms with van der Waals surface area (Å²) in [7, 11) is -3.42. The molecule has 0 saturated heterocycles. The quantitative estimate of drug-likeness (QED) is 0.785. The Morgan fingerprint density at radius 2 is 1.95 bits per heavy atom. The van der Waals surface area contributed by atoms with Gasteiger partial charge >= 0.3 is 0 Å². The molecule has 0 amide bonds. The fourth-order valence-electron chi connectivity index (χ4n) is 1.92. The van der Waals surface area contributed by atoms with Crippen LogP contribution in [0.4, 0.5) is 0 Å². The van der Waals surface area contributed by atoms with E-state index < -0.39 is 10.0 Å². The topological polar surface area (TPSA) is 72.2 Å². The summed E-state index contributed by atoms with van der Waals surface area (Å²) in [5, 5.41) is 3.71. The summed E-state index contributed by atoms with van der Waals surface area (Å²) < 4.78 is 31.7. The number of aromatic nitrogens is 1. The Kier molecular flexibility index (Phi) is 5.66. The molecule has 0 aliphatic carbocycles. The minimum Gasteiger partial charge on any atom is -0.361 e. The third kappa shape index (κ3) is 5.47. The van der Waals surface area contributed by atoms with E-state index >= 15 is 0 Å². The summed E-state index contributed by atoms with van der Waals surface area (Å²) in [4.78, 5) is 1.13. The molecule has 0 saturated carbocycles. The van der Waals surface area contributed by atoms with Gasteiger partial charge < -0.3 is 4.52 Å². The first-order chi connectivity index (χ1) is 10.3. The van der Waals surface area contributed by atoms with Crippen molar-refractivity contribution in [2.45, 2.75) is 37.5 Å². The molecule has 5 nitrogen and oxygen atoms in total. The number of benzene rings is 1. The molecule has 0 unspecified atom stereocenters. The monoisotopic (exact) mass is 340 g/mol. The molecule has 22 heavy (non-hydrogen) atoms. The molecule has 1 aromatic heterocycles. The minimum atomic E-state index is -3.42. The Bertz CT molecular complexity index is 709. The van der Waals surface area contributed by atoms with Crippen molar-refractivity contribution in [1.82, 2.24) is 9.88 Å². The van der Waals surface area contributed by atoms with Crippen LogP contribution < -0.4 is 4.72 Å². The summed E-state index contributed by atoms with van der Waals surface area (Å²) in [5.41, 5.74) is 1.63. The maximum absolute atomic E-state index is 12.1. The Morgan fingerprint density at radius 3 is 2.55 bits per heavy atom. The van der Waals surface area contributed by atoms with Crippen molar-refractivity contribution in [3.05, 3.63) is 47.3 Å². The van der Waals surface area contributed by atoms with Crippen LogP contribution in [0, 0.1) is 13.8 Å². The van der Waals surface area contributed by atoms with E-state index in [9.17, 15) is 8.42 Å². The fourth-order valence-corrected chi connectivity index (χ4v) is 4.18. The number of aryl methyl sites for hydroxylation is 2. The second kappa shape index (κ2) is 7.30. The first kappa shape index (κ1) is 17.1. The first-order valence-electron chi connectivity index (χ1n) is 6.96. The van der Waals surface area contributed by atoms with Gasteiger partial charge in [0.05, 0.1) is 0 Å². The van der Waals surface area contributed by atoms with Gasteiger partial charge in [-0.25, -0.2) is 13.1 Å². The molecule has 0 spiro atoms. The highest BCUT2D eigenvalue weighted by atomic mass is 32.2. The van der Waals surface area contributed by atoms with Crippen LogP contribution in [0.2, 0.25) is 0 Å². The summed E-state index contributed by atoms with van der Waals surface area (Å²) in [6, 6.07) is 9.64. The normalized spacial score (nSPS) is 13.2. The van der Waals surface area contributed by atoms with Crippen molar-refractivity contribution in [3.63, 3.8) is 0 Å². The predicted octanol–water partition coefficient (Wildman–Crippen LogP) is 2.89. The standard InChI is InChI=1S/C15H20N2O3S2/c1-11-4-6-15(7-5-11)21-9-12(2)17-22(18,19)10-14-8-13(3)20-16-14/h4-8,12,17H,9-10H2,1-3H3/t12-/m0/s1. The van der Waals surface area contributed by atoms with Crippen molar-refractivity contribution in [2.24, 2.45) is 0 Å². The van der Waals surface area contributed by atoms with Crippen molar-refractivity contribution >= 4 is 21.8 Å². The van der Waals surface area contributed by atoms with Crippen LogP contribution in [0.3, 0.4) is 0 Å². The summed E-state index contributed by atoms with van der Waals surface area (Å²) in [5.74, 6) is 1.11. The van der Waals surface area contributed by atoms with Crippen molar-refractivity contribution < 1.29 is 12.9 Å². The molecule has 1 N–H and O–H groups in total. The lowest BCUT2D eigenvalue weighted by molar-refractivity contribution is 0.392. The molecular formula is C15H20N2O3S2. The zero-order valence-corrected chi connectivity index (χ0v) is 14.5. The maximum Gasteiger partial charge on any atom is 0.217 e. The van der Waals surface area contributed by atoms with Crippen molar-refractivity contribution in [1.29, 1.82) is 0 Å². The minimum absolute atomic E-state index is 0.163. The molecule has 0 radical (unpaired) electrons. The highest BCUT2D eigenvalue weighted by Crippen LogP contribution is 2.19. The van der Waals surface area contributed by atoms with Gasteiger partial charge in [-0.15, -0.1) is 11.8 Å². The van der Waals surface area contributed by atoms with Gasteiger partial charge in [-0.05, 0) is 32.9 Å². The molecule has 120 valence electrons. The van der Waals surface area contributed by atoms with Crippen LogP contribution in [0.1, 0.15) is 23.9 Å². The van der Waals surface area contributed by atoms with Crippen LogP contribution in [-0.2, 0) is 15.8 Å². The van der Waals surface area contributed by atoms with E-state index in [-0.39, 0.29) is 11.8 Å². The van der Waals surface area contributed by atoms with Crippen LogP contribution in [0.5, 0.6) is 0 Å². The smallest absolute Gasteiger partial charge is 0.217 e. The Labute approximate surface area is 135 Å². The van der Waals surface area contributed by atoms with Crippen LogP contribution in [0.15, 0.2) is 39.8 Å². The molecule has 0 fully saturated rings. The molecule has 1 aromatic carbocycles. The van der Waals surface area contributed by atoms with Crippen molar-refractivity contribution in [3.8, 4) is 0 Å². The Balaban J connectivity index is 1.85. The van der Waals surface area contributed by atoms with E-state index in [1.165, 1.54) is 5.56 Å². The molecule has 1 atom stereocenters. The lowest BCUT2D eigenvalue weighted by Gasteiger charge is -2.13. The van der Waals surface area contributed by atoms with Gasteiger partial charge in [0.1, 0.15) is 17.2 Å². The fraction of sp³-hybridized carbons (Fsp3) is 0.400. The first-order valence-corrected chi connectivity index (χ1v) is 9.59. The van der Waals surface area contributed by atoms with Gasteiger partial charge in [0, 0.05) is 22.8 Å². The summed E-state index contributed by atoms with van der Waals surface area (Å²) >= 11 is 1.63. The maximum atomic E-state index is 12.1. The van der Waals surface area contributed by atoms with E-state index in [2.05, 4.69) is 9.88 Å². The van der Waals surface area contributed by atoms with Gasteiger partial charge in [0.25, 0.3) is 0 Å². The SMILES string of the molecule is Cc1ccc(SC[C@H](C)NS(=O)(=O)Cc2cc(C)on2)cc1. The number of hydrogen-bond acceptors (Lipinski definition) is 5. The number of hydrogen-bond donors (Lipinski definition) is 1. The van der Waals surface area contributed by atoms with Crippen LogP contribution >= 0.6 is 11.8 Å². The number of sulfonamides is 1. The highest BCUT2D eigenvalue weighted by molar-refractivity contribution is 7.99. The van der Waals surface area contributed by atoms with Crippen LogP contribution in [-0.4, -0.2) is 25.4 Å². The zero-order valence-electron chi connectivity index (χ0n) is 12.9. The third-order valence-electron chi connectivity index (χ3n) is 2.92. The second-order valence-corrected chi connectivity index (χ2v) is 8.18. The molecule has 0 aliphatic rings. The van der Waals surface area contributed by atoms with Crippen molar-refractivity contribution in [2.75, 3.05) is 5.75 Å². The largest absolute Gasteiger partial charge is 0.361 e. The summed E-state index contributed by atoms with van der Waals surface area (Å²) in [6.07, 6.45) is 0. The average molecular weight is 340 g/mol. The highest BCUT2D eigenvalue weighted by Gasteiger charge is 2.17. The Hall–Kier alpha value is -1.31.